The lowest BCUT2D eigenvalue weighted by Gasteiger charge is -2.60. The van der Waals surface area contributed by atoms with Gasteiger partial charge >= 0.3 is 0 Å². The zero-order chi connectivity index (χ0) is 13.0. The third kappa shape index (κ3) is 1.80. The first kappa shape index (κ1) is 12.2. The summed E-state index contributed by atoms with van der Waals surface area (Å²) in [5, 5.41) is 0. The smallest absolute Gasteiger partial charge is 0.0420 e. The van der Waals surface area contributed by atoms with Gasteiger partial charge in [-0.25, -0.2) is 0 Å². The number of nitrogens with two attached hydrogens (primary N) is 1. The fourth-order valence-electron chi connectivity index (χ4n) is 3.82. The van der Waals surface area contributed by atoms with Gasteiger partial charge in [-0.15, -0.1) is 0 Å². The SMILES string of the molecule is CC(C)(C)c1ccc(C2(N)CC3(CCC3)C2)cc1. The van der Waals surface area contributed by atoms with Crippen molar-refractivity contribution < 1.29 is 0 Å². The highest BCUT2D eigenvalue weighted by Gasteiger charge is 2.55. The summed E-state index contributed by atoms with van der Waals surface area (Å²) in [5.41, 5.74) is 10.1. The van der Waals surface area contributed by atoms with Crippen molar-refractivity contribution >= 4 is 0 Å². The molecule has 1 heteroatoms. The van der Waals surface area contributed by atoms with Gasteiger partial charge in [0.25, 0.3) is 0 Å². The highest BCUT2D eigenvalue weighted by Crippen LogP contribution is 2.62. The van der Waals surface area contributed by atoms with Gasteiger partial charge in [0.05, 0.1) is 0 Å². The van der Waals surface area contributed by atoms with Crippen LogP contribution in [0, 0.1) is 5.41 Å². The molecule has 1 aromatic carbocycles. The molecule has 0 bridgehead atoms. The summed E-state index contributed by atoms with van der Waals surface area (Å²) < 4.78 is 0. The lowest BCUT2D eigenvalue weighted by molar-refractivity contribution is -0.0462. The van der Waals surface area contributed by atoms with Gasteiger partial charge < -0.3 is 5.73 Å². The number of hydrogen-bond acceptors (Lipinski definition) is 1. The Hall–Kier alpha value is -0.820. The molecule has 2 fully saturated rings. The maximum absolute atomic E-state index is 6.57. The summed E-state index contributed by atoms with van der Waals surface area (Å²) in [7, 11) is 0. The van der Waals surface area contributed by atoms with Gasteiger partial charge in [-0.3, -0.25) is 0 Å². The lowest BCUT2D eigenvalue weighted by atomic mass is 9.47. The van der Waals surface area contributed by atoms with Crippen molar-refractivity contribution in [3.05, 3.63) is 35.4 Å². The van der Waals surface area contributed by atoms with E-state index in [1.807, 2.05) is 0 Å². The van der Waals surface area contributed by atoms with E-state index in [0.29, 0.717) is 5.41 Å². The van der Waals surface area contributed by atoms with E-state index in [2.05, 4.69) is 45.0 Å². The molecule has 98 valence electrons. The molecule has 1 spiro atoms. The van der Waals surface area contributed by atoms with E-state index in [4.69, 9.17) is 5.73 Å². The fraction of sp³-hybridized carbons (Fsp3) is 0.647. The highest BCUT2D eigenvalue weighted by molar-refractivity contribution is 5.34. The lowest BCUT2D eigenvalue weighted by Crippen LogP contribution is -2.58. The van der Waals surface area contributed by atoms with Gasteiger partial charge in [0, 0.05) is 5.54 Å². The number of hydrogen-bond donors (Lipinski definition) is 1. The van der Waals surface area contributed by atoms with E-state index in [0.717, 1.165) is 0 Å². The molecule has 2 aliphatic rings. The Morgan fingerprint density at radius 2 is 1.56 bits per heavy atom. The third-order valence-electron chi connectivity index (χ3n) is 5.12. The minimum absolute atomic E-state index is 0.0309. The Labute approximate surface area is 111 Å². The van der Waals surface area contributed by atoms with Crippen LogP contribution in [0.15, 0.2) is 24.3 Å². The normalized spacial score (nSPS) is 24.4. The predicted molar refractivity (Wildman–Crippen MR) is 76.5 cm³/mol. The molecule has 1 nitrogen and oxygen atoms in total. The monoisotopic (exact) mass is 243 g/mol. The molecule has 0 unspecified atom stereocenters. The molecule has 0 amide bonds. The largest absolute Gasteiger partial charge is 0.321 e. The van der Waals surface area contributed by atoms with Crippen molar-refractivity contribution in [1.29, 1.82) is 0 Å². The summed E-state index contributed by atoms with van der Waals surface area (Å²) in [6.07, 6.45) is 6.64. The second-order valence-corrected chi connectivity index (χ2v) is 7.69. The van der Waals surface area contributed by atoms with Crippen molar-refractivity contribution in [2.45, 2.75) is 63.8 Å². The molecule has 0 saturated heterocycles. The Balaban J connectivity index is 1.78. The topological polar surface area (TPSA) is 26.0 Å². The van der Waals surface area contributed by atoms with Crippen LogP contribution in [0.2, 0.25) is 0 Å². The Morgan fingerprint density at radius 3 is 1.94 bits per heavy atom. The van der Waals surface area contributed by atoms with Gasteiger partial charge in [0.2, 0.25) is 0 Å². The van der Waals surface area contributed by atoms with Gasteiger partial charge in [0.1, 0.15) is 0 Å². The van der Waals surface area contributed by atoms with Crippen LogP contribution in [0.3, 0.4) is 0 Å². The first-order valence-corrected chi connectivity index (χ1v) is 7.23. The summed E-state index contributed by atoms with van der Waals surface area (Å²) in [5.74, 6) is 0. The van der Waals surface area contributed by atoms with E-state index in [9.17, 15) is 0 Å². The molecular formula is C17H25N. The standard InChI is InChI=1S/C17H25N/c1-15(2,3)13-5-7-14(8-6-13)17(18)11-16(12-17)9-4-10-16/h5-8H,4,9-12,18H2,1-3H3. The van der Waals surface area contributed by atoms with Crippen LogP contribution in [0.5, 0.6) is 0 Å². The summed E-state index contributed by atoms with van der Waals surface area (Å²) >= 11 is 0. The minimum Gasteiger partial charge on any atom is -0.321 e. The molecule has 2 aliphatic carbocycles. The van der Waals surface area contributed by atoms with Crippen molar-refractivity contribution in [1.82, 2.24) is 0 Å². The van der Waals surface area contributed by atoms with Crippen LogP contribution in [0.1, 0.15) is 64.0 Å². The third-order valence-corrected chi connectivity index (χ3v) is 5.12. The number of benzene rings is 1. The van der Waals surface area contributed by atoms with E-state index in [1.54, 1.807) is 0 Å². The highest BCUT2D eigenvalue weighted by atomic mass is 14.8. The van der Waals surface area contributed by atoms with E-state index in [-0.39, 0.29) is 11.0 Å². The van der Waals surface area contributed by atoms with Crippen molar-refractivity contribution in [3.63, 3.8) is 0 Å². The van der Waals surface area contributed by atoms with Crippen LogP contribution in [0.25, 0.3) is 0 Å². The second kappa shape index (κ2) is 3.60. The van der Waals surface area contributed by atoms with Crippen molar-refractivity contribution in [2.75, 3.05) is 0 Å². The van der Waals surface area contributed by atoms with E-state index >= 15 is 0 Å². The van der Waals surface area contributed by atoms with Crippen molar-refractivity contribution in [2.24, 2.45) is 11.1 Å². The molecular weight excluding hydrogens is 218 g/mol. The molecule has 0 aromatic heterocycles. The van der Waals surface area contributed by atoms with Gasteiger partial charge in [0.15, 0.2) is 0 Å². The zero-order valence-electron chi connectivity index (χ0n) is 11.9. The quantitative estimate of drug-likeness (QED) is 0.789. The molecule has 1 aromatic rings. The molecule has 3 rings (SSSR count). The number of rotatable bonds is 1. The van der Waals surface area contributed by atoms with Crippen molar-refractivity contribution in [3.8, 4) is 0 Å². The average Bonchev–Trinajstić information content (AvgIpc) is 2.21. The fourth-order valence-corrected chi connectivity index (χ4v) is 3.82. The molecule has 2 saturated carbocycles. The first-order valence-electron chi connectivity index (χ1n) is 7.23. The summed E-state index contributed by atoms with van der Waals surface area (Å²) in [4.78, 5) is 0. The predicted octanol–water partition coefficient (Wildman–Crippen LogP) is 4.10. The molecule has 2 N–H and O–H groups in total. The average molecular weight is 243 g/mol. The Morgan fingerprint density at radius 1 is 1.00 bits per heavy atom. The first-order chi connectivity index (χ1) is 8.33. The van der Waals surface area contributed by atoms with Crippen LogP contribution < -0.4 is 5.73 Å². The molecule has 0 aliphatic heterocycles. The second-order valence-electron chi connectivity index (χ2n) is 7.69. The molecule has 0 heterocycles. The maximum atomic E-state index is 6.57. The zero-order valence-corrected chi connectivity index (χ0v) is 11.9. The van der Waals surface area contributed by atoms with Gasteiger partial charge in [-0.2, -0.15) is 0 Å². The molecule has 18 heavy (non-hydrogen) atoms. The van der Waals surface area contributed by atoms with E-state index in [1.165, 1.54) is 43.2 Å². The van der Waals surface area contributed by atoms with Gasteiger partial charge in [-0.05, 0) is 47.6 Å². The maximum Gasteiger partial charge on any atom is 0.0420 e. The summed E-state index contributed by atoms with van der Waals surface area (Å²) in [6.45, 7) is 6.77. The van der Waals surface area contributed by atoms with Crippen LogP contribution in [0.4, 0.5) is 0 Å². The van der Waals surface area contributed by atoms with Crippen LogP contribution in [-0.4, -0.2) is 0 Å². The molecule has 0 atom stereocenters. The van der Waals surface area contributed by atoms with Crippen LogP contribution >= 0.6 is 0 Å². The molecule has 0 radical (unpaired) electrons. The Kier molecular flexibility index (Phi) is 2.45. The summed E-state index contributed by atoms with van der Waals surface area (Å²) in [6, 6.07) is 9.03. The minimum atomic E-state index is -0.0309. The van der Waals surface area contributed by atoms with E-state index < -0.39 is 0 Å². The Bertz CT molecular complexity index is 437. The van der Waals surface area contributed by atoms with Gasteiger partial charge in [-0.1, -0.05) is 51.5 Å². The van der Waals surface area contributed by atoms with Crippen LogP contribution in [-0.2, 0) is 11.0 Å².